The van der Waals surface area contributed by atoms with Crippen LogP contribution in [-0.4, -0.2) is 6.61 Å². The lowest BCUT2D eigenvalue weighted by Crippen LogP contribution is -2.38. The molecule has 0 saturated heterocycles. The molecule has 2 unspecified atom stereocenters. The standard InChI is InChI=1S/C16H16F2N2O/c17-13-6-5-11(8-14(13)18)16(20-19)12-7-10-3-1-2-4-15(10)21-9-12/h1-6,8,12,16,20H,7,9,19H2. The lowest BCUT2D eigenvalue weighted by molar-refractivity contribution is 0.184. The molecule has 2 aromatic rings. The first-order chi connectivity index (χ1) is 10.2. The molecule has 2 aromatic carbocycles. The van der Waals surface area contributed by atoms with E-state index in [2.05, 4.69) is 5.43 Å². The number of hydrogen-bond donors (Lipinski definition) is 2. The van der Waals surface area contributed by atoms with E-state index in [1.165, 1.54) is 6.07 Å². The molecule has 0 aromatic heterocycles. The summed E-state index contributed by atoms with van der Waals surface area (Å²) in [7, 11) is 0. The summed E-state index contributed by atoms with van der Waals surface area (Å²) in [5.74, 6) is 4.81. The molecule has 0 spiro atoms. The second-order valence-corrected chi connectivity index (χ2v) is 5.20. The van der Waals surface area contributed by atoms with Crippen molar-refractivity contribution in [1.82, 2.24) is 5.43 Å². The molecule has 3 nitrogen and oxygen atoms in total. The summed E-state index contributed by atoms with van der Waals surface area (Å²) in [6.45, 7) is 0.477. The average molecular weight is 290 g/mol. The zero-order valence-electron chi connectivity index (χ0n) is 11.4. The van der Waals surface area contributed by atoms with Crippen LogP contribution in [0.4, 0.5) is 8.78 Å². The molecule has 3 rings (SSSR count). The minimum Gasteiger partial charge on any atom is -0.493 e. The molecule has 0 radical (unpaired) electrons. The zero-order valence-corrected chi connectivity index (χ0v) is 11.4. The molecule has 110 valence electrons. The molecule has 21 heavy (non-hydrogen) atoms. The van der Waals surface area contributed by atoms with Gasteiger partial charge in [0, 0.05) is 5.92 Å². The Kier molecular flexibility index (Phi) is 3.86. The molecule has 0 saturated carbocycles. The van der Waals surface area contributed by atoms with Crippen LogP contribution in [0.2, 0.25) is 0 Å². The van der Waals surface area contributed by atoms with Crippen molar-refractivity contribution >= 4 is 0 Å². The summed E-state index contributed by atoms with van der Waals surface area (Å²) < 4.78 is 32.2. The van der Waals surface area contributed by atoms with Crippen LogP contribution in [-0.2, 0) is 6.42 Å². The second-order valence-electron chi connectivity index (χ2n) is 5.20. The highest BCUT2D eigenvalue weighted by atomic mass is 19.2. The Hall–Kier alpha value is -1.98. The van der Waals surface area contributed by atoms with E-state index in [0.717, 1.165) is 23.8 Å². The number of halogens is 2. The summed E-state index contributed by atoms with van der Waals surface area (Å²) in [5, 5.41) is 0. The van der Waals surface area contributed by atoms with Gasteiger partial charge in [-0.15, -0.1) is 0 Å². The predicted octanol–water partition coefficient (Wildman–Crippen LogP) is 2.72. The number of benzene rings is 2. The number of rotatable bonds is 3. The number of ether oxygens (including phenoxy) is 1. The number of para-hydroxylation sites is 1. The van der Waals surface area contributed by atoms with E-state index < -0.39 is 11.6 Å². The number of fused-ring (bicyclic) bond motifs is 1. The van der Waals surface area contributed by atoms with E-state index in [0.29, 0.717) is 12.2 Å². The van der Waals surface area contributed by atoms with Gasteiger partial charge in [0.2, 0.25) is 0 Å². The lowest BCUT2D eigenvalue weighted by atomic mass is 9.87. The molecular formula is C16H16F2N2O. The third-order valence-corrected chi connectivity index (χ3v) is 3.86. The van der Waals surface area contributed by atoms with Crippen molar-refractivity contribution in [3.8, 4) is 5.75 Å². The number of nitrogens with two attached hydrogens (primary N) is 1. The van der Waals surface area contributed by atoms with Gasteiger partial charge in [-0.05, 0) is 35.7 Å². The van der Waals surface area contributed by atoms with Crippen LogP contribution in [0.5, 0.6) is 5.75 Å². The van der Waals surface area contributed by atoms with E-state index in [9.17, 15) is 8.78 Å². The van der Waals surface area contributed by atoms with Gasteiger partial charge in [0.25, 0.3) is 0 Å². The maximum atomic E-state index is 13.4. The highest BCUT2D eigenvalue weighted by molar-refractivity contribution is 5.36. The molecule has 0 bridgehead atoms. The maximum Gasteiger partial charge on any atom is 0.159 e. The molecule has 3 N–H and O–H groups in total. The predicted molar refractivity (Wildman–Crippen MR) is 75.6 cm³/mol. The minimum absolute atomic E-state index is 0.0507. The van der Waals surface area contributed by atoms with Gasteiger partial charge in [0.15, 0.2) is 11.6 Å². The van der Waals surface area contributed by atoms with Gasteiger partial charge in [-0.25, -0.2) is 8.78 Å². The van der Waals surface area contributed by atoms with Crippen molar-refractivity contribution in [2.24, 2.45) is 11.8 Å². The number of hydrazine groups is 1. The molecular weight excluding hydrogens is 274 g/mol. The van der Waals surface area contributed by atoms with Gasteiger partial charge in [0.1, 0.15) is 5.75 Å². The third kappa shape index (κ3) is 2.75. The molecule has 1 aliphatic rings. The van der Waals surface area contributed by atoms with Gasteiger partial charge in [0.05, 0.1) is 12.6 Å². The normalized spacial score (nSPS) is 18.7. The summed E-state index contributed by atoms with van der Waals surface area (Å²) in [6, 6.07) is 11.3. The topological polar surface area (TPSA) is 47.3 Å². The fourth-order valence-corrected chi connectivity index (χ4v) is 2.78. The van der Waals surface area contributed by atoms with Crippen molar-refractivity contribution in [1.29, 1.82) is 0 Å². The monoisotopic (exact) mass is 290 g/mol. The van der Waals surface area contributed by atoms with E-state index in [-0.39, 0.29) is 12.0 Å². The van der Waals surface area contributed by atoms with Crippen molar-refractivity contribution in [3.63, 3.8) is 0 Å². The Labute approximate surface area is 121 Å². The lowest BCUT2D eigenvalue weighted by Gasteiger charge is -2.31. The van der Waals surface area contributed by atoms with Gasteiger partial charge in [-0.2, -0.15) is 0 Å². The van der Waals surface area contributed by atoms with Crippen LogP contribution in [0, 0.1) is 17.6 Å². The Morgan fingerprint density at radius 1 is 1.14 bits per heavy atom. The number of nitrogens with one attached hydrogen (secondary N) is 1. The first-order valence-corrected chi connectivity index (χ1v) is 6.81. The first-order valence-electron chi connectivity index (χ1n) is 6.81. The fraction of sp³-hybridized carbons (Fsp3) is 0.250. The molecule has 5 heteroatoms. The third-order valence-electron chi connectivity index (χ3n) is 3.86. The Morgan fingerprint density at radius 3 is 2.71 bits per heavy atom. The fourth-order valence-electron chi connectivity index (χ4n) is 2.78. The average Bonchev–Trinajstić information content (AvgIpc) is 2.51. The van der Waals surface area contributed by atoms with Crippen LogP contribution in [0.15, 0.2) is 42.5 Å². The Morgan fingerprint density at radius 2 is 1.95 bits per heavy atom. The van der Waals surface area contributed by atoms with Crippen molar-refractivity contribution < 1.29 is 13.5 Å². The molecule has 1 aliphatic heterocycles. The Bertz CT molecular complexity index is 648. The van der Waals surface area contributed by atoms with Crippen LogP contribution in [0.3, 0.4) is 0 Å². The number of hydrogen-bond acceptors (Lipinski definition) is 3. The minimum atomic E-state index is -0.870. The highest BCUT2D eigenvalue weighted by Crippen LogP contribution is 2.33. The smallest absolute Gasteiger partial charge is 0.159 e. The summed E-state index contributed by atoms with van der Waals surface area (Å²) in [4.78, 5) is 0. The summed E-state index contributed by atoms with van der Waals surface area (Å²) in [5.41, 5.74) is 4.41. The SMILES string of the molecule is NNC(c1ccc(F)c(F)c1)C1COc2ccccc2C1. The van der Waals surface area contributed by atoms with E-state index in [4.69, 9.17) is 10.6 Å². The van der Waals surface area contributed by atoms with Crippen LogP contribution >= 0.6 is 0 Å². The van der Waals surface area contributed by atoms with Gasteiger partial charge in [-0.3, -0.25) is 11.3 Å². The van der Waals surface area contributed by atoms with Crippen molar-refractivity contribution in [3.05, 3.63) is 65.2 Å². The van der Waals surface area contributed by atoms with E-state index >= 15 is 0 Å². The molecule has 0 amide bonds. The Balaban J connectivity index is 1.86. The summed E-state index contributed by atoms with van der Waals surface area (Å²) in [6.07, 6.45) is 0.768. The molecule has 1 heterocycles. The largest absolute Gasteiger partial charge is 0.493 e. The van der Waals surface area contributed by atoms with E-state index in [1.54, 1.807) is 6.07 Å². The molecule has 0 fully saturated rings. The maximum absolute atomic E-state index is 13.4. The van der Waals surface area contributed by atoms with E-state index in [1.807, 2.05) is 24.3 Å². The quantitative estimate of drug-likeness (QED) is 0.675. The van der Waals surface area contributed by atoms with Crippen molar-refractivity contribution in [2.75, 3.05) is 6.61 Å². The molecule has 0 aliphatic carbocycles. The summed E-state index contributed by atoms with van der Waals surface area (Å²) >= 11 is 0. The van der Waals surface area contributed by atoms with Gasteiger partial charge in [-0.1, -0.05) is 24.3 Å². The van der Waals surface area contributed by atoms with Crippen LogP contribution < -0.4 is 16.0 Å². The van der Waals surface area contributed by atoms with Gasteiger partial charge >= 0.3 is 0 Å². The zero-order chi connectivity index (χ0) is 14.8. The van der Waals surface area contributed by atoms with Gasteiger partial charge < -0.3 is 4.74 Å². The highest BCUT2D eigenvalue weighted by Gasteiger charge is 2.28. The van der Waals surface area contributed by atoms with Crippen molar-refractivity contribution in [2.45, 2.75) is 12.5 Å². The second kappa shape index (κ2) is 5.79. The first kappa shape index (κ1) is 14.0. The van der Waals surface area contributed by atoms with Crippen LogP contribution in [0.25, 0.3) is 0 Å². The molecule has 2 atom stereocenters. The van der Waals surface area contributed by atoms with Crippen LogP contribution in [0.1, 0.15) is 17.2 Å².